The van der Waals surface area contributed by atoms with E-state index in [0.29, 0.717) is 0 Å². The van der Waals surface area contributed by atoms with E-state index in [9.17, 15) is 24.5 Å². The van der Waals surface area contributed by atoms with Crippen LogP contribution in [-0.2, 0) is 19.6 Å². The van der Waals surface area contributed by atoms with Gasteiger partial charge in [-0.1, -0.05) is 30.3 Å². The first-order valence-corrected chi connectivity index (χ1v) is 9.56. The van der Waals surface area contributed by atoms with Crippen molar-refractivity contribution >= 4 is 17.3 Å². The maximum atomic E-state index is 13.0. The van der Waals surface area contributed by atoms with Crippen LogP contribution in [0.2, 0.25) is 0 Å². The topological polar surface area (TPSA) is 148 Å². The van der Waals surface area contributed by atoms with Crippen molar-refractivity contribution in [3.8, 4) is 0 Å². The summed E-state index contributed by atoms with van der Waals surface area (Å²) in [6.45, 7) is 4.26. The van der Waals surface area contributed by atoms with Crippen LogP contribution in [0.15, 0.2) is 39.9 Å². The number of nitrogens with two attached hydrogens (primary N) is 1. The van der Waals surface area contributed by atoms with Crippen LogP contribution in [0, 0.1) is 24.0 Å². The van der Waals surface area contributed by atoms with Crippen molar-refractivity contribution in [2.24, 2.45) is 0 Å². The zero-order valence-corrected chi connectivity index (χ0v) is 17.4. The maximum absolute atomic E-state index is 13.0. The molecule has 11 nitrogen and oxygen atoms in total. The maximum Gasteiger partial charge on any atom is 0.332 e. The molecular weight excluding hydrogens is 404 g/mol. The van der Waals surface area contributed by atoms with Crippen LogP contribution in [0.25, 0.3) is 0 Å². The van der Waals surface area contributed by atoms with Crippen molar-refractivity contribution in [3.05, 3.63) is 83.8 Å². The Morgan fingerprint density at radius 3 is 2.35 bits per heavy atom. The van der Waals surface area contributed by atoms with E-state index >= 15 is 0 Å². The summed E-state index contributed by atoms with van der Waals surface area (Å²) in [7, 11) is 0. The van der Waals surface area contributed by atoms with Crippen molar-refractivity contribution in [2.75, 3.05) is 5.73 Å². The van der Waals surface area contributed by atoms with Gasteiger partial charge in [0.1, 0.15) is 29.3 Å². The van der Waals surface area contributed by atoms with Crippen molar-refractivity contribution in [1.82, 2.24) is 18.9 Å². The Morgan fingerprint density at radius 1 is 1.16 bits per heavy atom. The van der Waals surface area contributed by atoms with E-state index in [1.807, 2.05) is 6.07 Å². The summed E-state index contributed by atoms with van der Waals surface area (Å²) >= 11 is 0. The molecule has 0 saturated heterocycles. The molecule has 0 fully saturated rings. The van der Waals surface area contributed by atoms with Gasteiger partial charge >= 0.3 is 11.4 Å². The molecule has 0 aliphatic rings. The Labute approximate surface area is 176 Å². The van der Waals surface area contributed by atoms with E-state index in [4.69, 9.17) is 5.73 Å². The quantitative estimate of drug-likeness (QED) is 0.340. The van der Waals surface area contributed by atoms with Crippen LogP contribution >= 0.6 is 0 Å². The van der Waals surface area contributed by atoms with E-state index in [2.05, 4.69) is 5.10 Å². The van der Waals surface area contributed by atoms with Crippen molar-refractivity contribution in [2.45, 2.75) is 40.4 Å². The minimum absolute atomic E-state index is 0.0540. The van der Waals surface area contributed by atoms with Gasteiger partial charge in [0.05, 0.1) is 11.5 Å². The molecule has 0 spiro atoms. The Bertz CT molecular complexity index is 1290. The summed E-state index contributed by atoms with van der Waals surface area (Å²) < 4.78 is 3.28. The third-order valence-corrected chi connectivity index (χ3v) is 5.07. The lowest BCUT2D eigenvalue weighted by atomic mass is 10.1. The fourth-order valence-electron chi connectivity index (χ4n) is 3.50. The number of anilines is 1. The lowest BCUT2D eigenvalue weighted by Gasteiger charge is -2.16. The molecule has 0 aliphatic heterocycles. The summed E-state index contributed by atoms with van der Waals surface area (Å²) in [6, 6.07) is 9.01. The number of nitrogens with zero attached hydrogens (tertiary/aromatic N) is 5. The van der Waals surface area contributed by atoms with Gasteiger partial charge in [-0.15, -0.1) is 0 Å². The molecule has 0 saturated carbocycles. The number of carbonyl (C=O) groups is 1. The van der Waals surface area contributed by atoms with Crippen molar-refractivity contribution < 1.29 is 9.72 Å². The third-order valence-electron chi connectivity index (χ3n) is 5.07. The molecule has 0 aliphatic carbocycles. The van der Waals surface area contributed by atoms with Gasteiger partial charge in [0.25, 0.3) is 5.56 Å². The van der Waals surface area contributed by atoms with Gasteiger partial charge in [0.15, 0.2) is 5.78 Å². The van der Waals surface area contributed by atoms with Gasteiger partial charge in [-0.05, 0) is 26.3 Å². The standard InChI is InChI=1S/C20H22N6O5/c1-4-23-19(28)16(15(27)11-25-13(3)17(26(30)31)12(2)22-25)18(21)24(20(23)29)10-14-8-6-5-7-9-14/h5-9H,4,10-11,21H2,1-3H3. The first-order chi connectivity index (χ1) is 14.7. The highest BCUT2D eigenvalue weighted by atomic mass is 16.6. The average molecular weight is 426 g/mol. The average Bonchev–Trinajstić information content (AvgIpc) is 2.99. The van der Waals surface area contributed by atoms with Crippen LogP contribution in [0.4, 0.5) is 11.5 Å². The van der Waals surface area contributed by atoms with Crippen molar-refractivity contribution in [3.63, 3.8) is 0 Å². The number of carbonyl (C=O) groups excluding carboxylic acids is 1. The predicted molar refractivity (Wildman–Crippen MR) is 113 cm³/mol. The molecule has 1 aromatic carbocycles. The Hall–Kier alpha value is -4.02. The van der Waals surface area contributed by atoms with Crippen LogP contribution < -0.4 is 17.0 Å². The van der Waals surface area contributed by atoms with Gasteiger partial charge in [-0.3, -0.25) is 33.5 Å². The van der Waals surface area contributed by atoms with Crippen LogP contribution in [0.3, 0.4) is 0 Å². The number of hydrogen-bond acceptors (Lipinski definition) is 7. The SMILES string of the molecule is CCn1c(=O)c(C(=O)Cn2nc(C)c([N+](=O)[O-])c2C)c(N)n(Cc2ccccc2)c1=O. The second kappa shape index (κ2) is 8.38. The van der Waals surface area contributed by atoms with Crippen LogP contribution in [0.5, 0.6) is 0 Å². The fraction of sp³-hybridized carbons (Fsp3) is 0.300. The number of aromatic nitrogens is 4. The Morgan fingerprint density at radius 2 is 1.81 bits per heavy atom. The molecule has 31 heavy (non-hydrogen) atoms. The molecule has 3 rings (SSSR count). The Balaban J connectivity index is 2.10. The van der Waals surface area contributed by atoms with E-state index in [-0.39, 0.29) is 41.5 Å². The molecular formula is C20H22N6O5. The highest BCUT2D eigenvalue weighted by molar-refractivity contribution is 5.99. The number of nitro groups is 1. The number of rotatable bonds is 7. The lowest BCUT2D eigenvalue weighted by molar-refractivity contribution is -0.386. The number of aryl methyl sites for hydroxylation is 1. The van der Waals surface area contributed by atoms with Crippen LogP contribution in [-0.4, -0.2) is 29.6 Å². The van der Waals surface area contributed by atoms with Crippen LogP contribution in [0.1, 0.15) is 34.2 Å². The van der Waals surface area contributed by atoms with Gasteiger partial charge in [-0.25, -0.2) is 4.79 Å². The molecule has 11 heteroatoms. The molecule has 3 aromatic rings. The number of nitrogen functional groups attached to an aromatic ring is 1. The second-order valence-electron chi connectivity index (χ2n) is 7.02. The van der Waals surface area contributed by atoms with Gasteiger partial charge in [-0.2, -0.15) is 5.10 Å². The van der Waals surface area contributed by atoms with E-state index in [0.717, 1.165) is 14.8 Å². The normalized spacial score (nSPS) is 10.9. The molecule has 0 radical (unpaired) electrons. The van der Waals surface area contributed by atoms with Crippen molar-refractivity contribution in [1.29, 1.82) is 0 Å². The highest BCUT2D eigenvalue weighted by Crippen LogP contribution is 2.22. The zero-order valence-electron chi connectivity index (χ0n) is 17.4. The Kier molecular flexibility index (Phi) is 5.86. The van der Waals surface area contributed by atoms with E-state index < -0.39 is 28.5 Å². The second-order valence-corrected chi connectivity index (χ2v) is 7.02. The molecule has 2 aromatic heterocycles. The van der Waals surface area contributed by atoms with Gasteiger partial charge in [0, 0.05) is 6.54 Å². The molecule has 0 atom stereocenters. The van der Waals surface area contributed by atoms with E-state index in [1.54, 1.807) is 31.2 Å². The smallest absolute Gasteiger partial charge is 0.332 e. The number of hydrogen-bond donors (Lipinski definition) is 1. The molecule has 0 bridgehead atoms. The summed E-state index contributed by atoms with van der Waals surface area (Å²) in [5.74, 6) is -0.934. The zero-order chi connectivity index (χ0) is 22.9. The molecule has 2 N–H and O–H groups in total. The summed E-state index contributed by atoms with van der Waals surface area (Å²) in [6.07, 6.45) is 0. The summed E-state index contributed by atoms with van der Waals surface area (Å²) in [5.41, 5.74) is 5.28. The number of Topliss-reactive ketones (excluding diaryl/α,β-unsaturated/α-hetero) is 1. The first-order valence-electron chi connectivity index (χ1n) is 9.56. The number of ketones is 1. The molecule has 0 amide bonds. The minimum Gasteiger partial charge on any atom is -0.384 e. The largest absolute Gasteiger partial charge is 0.384 e. The van der Waals surface area contributed by atoms with E-state index in [1.165, 1.54) is 18.4 Å². The fourth-order valence-corrected chi connectivity index (χ4v) is 3.50. The minimum atomic E-state index is -0.796. The molecule has 0 unspecified atom stereocenters. The van der Waals surface area contributed by atoms with Gasteiger partial charge in [0.2, 0.25) is 0 Å². The predicted octanol–water partition coefficient (Wildman–Crippen LogP) is 1.26. The number of benzene rings is 1. The highest BCUT2D eigenvalue weighted by Gasteiger charge is 2.26. The third kappa shape index (κ3) is 3.89. The lowest BCUT2D eigenvalue weighted by Crippen LogP contribution is -2.44. The first kappa shape index (κ1) is 21.7. The monoisotopic (exact) mass is 426 g/mol. The summed E-state index contributed by atoms with van der Waals surface area (Å²) in [4.78, 5) is 49.3. The molecule has 162 valence electrons. The summed E-state index contributed by atoms with van der Waals surface area (Å²) in [5, 5.41) is 15.3. The molecule has 2 heterocycles. The van der Waals surface area contributed by atoms with Gasteiger partial charge < -0.3 is 5.73 Å².